The molecule has 0 bridgehead atoms. The van der Waals surface area contributed by atoms with Gasteiger partial charge in [-0.3, -0.25) is 4.79 Å². The van der Waals surface area contributed by atoms with Gasteiger partial charge in [0.2, 0.25) is 5.91 Å². The number of carbonyl (C=O) groups excluding carboxylic acids is 1. The van der Waals surface area contributed by atoms with Crippen LogP contribution in [0.4, 0.5) is 0 Å². The van der Waals surface area contributed by atoms with Crippen molar-refractivity contribution in [3.63, 3.8) is 0 Å². The largest absolute Gasteiger partial charge is 0.396 e. The Morgan fingerprint density at radius 3 is 2.59 bits per heavy atom. The Balaban J connectivity index is 2.17. The molecule has 2 rings (SSSR count). The van der Waals surface area contributed by atoms with E-state index in [9.17, 15) is 15.0 Å². The molecule has 2 saturated heterocycles. The van der Waals surface area contributed by atoms with Crippen molar-refractivity contribution in [1.29, 1.82) is 0 Å². The molecule has 0 radical (unpaired) electrons. The zero-order valence-corrected chi connectivity index (χ0v) is 17.5. The number of nitrogens with one attached hydrogen (secondary N) is 1. The molecule has 27 heavy (non-hydrogen) atoms. The molecule has 0 aromatic rings. The van der Waals surface area contributed by atoms with Crippen LogP contribution < -0.4 is 5.32 Å². The van der Waals surface area contributed by atoms with Crippen molar-refractivity contribution < 1.29 is 24.9 Å². The summed E-state index contributed by atoms with van der Waals surface area (Å²) >= 11 is 0. The second-order valence-corrected chi connectivity index (χ2v) is 8.97. The van der Waals surface area contributed by atoms with E-state index in [2.05, 4.69) is 12.2 Å². The SMILES string of the molecule is CC[C@H]1C[C@H](C)[C@@]2(NC1=O)O[C@@H](C[C@H](O)[C@@H](C)CCCO)[C@H](C)[C@H](O)[C@@H]2C. The molecule has 2 fully saturated rings. The summed E-state index contributed by atoms with van der Waals surface area (Å²) in [5, 5.41) is 33.6. The number of ether oxygens (including phenoxy) is 1. The molecule has 158 valence electrons. The molecule has 2 aliphatic heterocycles. The highest BCUT2D eigenvalue weighted by atomic mass is 16.5. The molecule has 1 spiro atoms. The number of piperidine rings is 1. The molecular weight excluding hydrogens is 346 g/mol. The Kier molecular flexibility index (Phi) is 7.70. The monoisotopic (exact) mass is 385 g/mol. The van der Waals surface area contributed by atoms with E-state index in [-0.39, 0.29) is 48.2 Å². The zero-order chi connectivity index (χ0) is 20.4. The van der Waals surface area contributed by atoms with Gasteiger partial charge < -0.3 is 25.4 Å². The van der Waals surface area contributed by atoms with Crippen LogP contribution in [0.1, 0.15) is 66.7 Å². The minimum absolute atomic E-state index is 0.000171. The maximum absolute atomic E-state index is 12.6. The Labute approximate surface area is 163 Å². The van der Waals surface area contributed by atoms with Crippen LogP contribution in [0.5, 0.6) is 0 Å². The van der Waals surface area contributed by atoms with Crippen molar-refractivity contribution in [2.45, 2.75) is 90.8 Å². The van der Waals surface area contributed by atoms with Crippen LogP contribution in [0.2, 0.25) is 0 Å². The number of aliphatic hydroxyl groups excluding tert-OH is 3. The Hall–Kier alpha value is -0.690. The van der Waals surface area contributed by atoms with E-state index in [1.165, 1.54) is 0 Å². The van der Waals surface area contributed by atoms with Gasteiger partial charge in [-0.05, 0) is 31.6 Å². The molecule has 2 aliphatic rings. The molecule has 0 aromatic heterocycles. The Morgan fingerprint density at radius 1 is 1.33 bits per heavy atom. The molecule has 6 nitrogen and oxygen atoms in total. The van der Waals surface area contributed by atoms with Crippen molar-refractivity contribution in [3.05, 3.63) is 0 Å². The first-order valence-electron chi connectivity index (χ1n) is 10.6. The van der Waals surface area contributed by atoms with E-state index < -0.39 is 17.9 Å². The average molecular weight is 386 g/mol. The van der Waals surface area contributed by atoms with Crippen LogP contribution in [-0.2, 0) is 9.53 Å². The predicted molar refractivity (Wildman–Crippen MR) is 104 cm³/mol. The summed E-state index contributed by atoms with van der Waals surface area (Å²) in [6.07, 6.45) is 1.86. The molecule has 9 atom stereocenters. The summed E-state index contributed by atoms with van der Waals surface area (Å²) in [7, 11) is 0. The number of carbonyl (C=O) groups is 1. The molecule has 0 aromatic carbocycles. The second-order valence-electron chi connectivity index (χ2n) is 8.97. The van der Waals surface area contributed by atoms with E-state index in [0.29, 0.717) is 12.8 Å². The lowest BCUT2D eigenvalue weighted by molar-refractivity contribution is -0.267. The van der Waals surface area contributed by atoms with E-state index in [4.69, 9.17) is 9.84 Å². The van der Waals surface area contributed by atoms with Gasteiger partial charge >= 0.3 is 0 Å². The first kappa shape index (κ1) is 22.6. The summed E-state index contributed by atoms with van der Waals surface area (Å²) in [6, 6.07) is 0. The molecule has 0 unspecified atom stereocenters. The van der Waals surface area contributed by atoms with Gasteiger partial charge in [-0.15, -0.1) is 0 Å². The van der Waals surface area contributed by atoms with Crippen LogP contribution in [0.25, 0.3) is 0 Å². The summed E-state index contributed by atoms with van der Waals surface area (Å²) in [6.45, 7) is 10.1. The third-order valence-electron chi connectivity index (χ3n) is 7.16. The van der Waals surface area contributed by atoms with Crippen molar-refractivity contribution in [2.75, 3.05) is 6.61 Å². The summed E-state index contributed by atoms with van der Waals surface area (Å²) in [4.78, 5) is 12.6. The summed E-state index contributed by atoms with van der Waals surface area (Å²) < 4.78 is 6.51. The van der Waals surface area contributed by atoms with Crippen molar-refractivity contribution in [1.82, 2.24) is 5.32 Å². The van der Waals surface area contributed by atoms with E-state index >= 15 is 0 Å². The fourth-order valence-electron chi connectivity index (χ4n) is 4.92. The lowest BCUT2D eigenvalue weighted by Crippen LogP contribution is -2.71. The van der Waals surface area contributed by atoms with Crippen LogP contribution in [0.3, 0.4) is 0 Å². The molecule has 0 saturated carbocycles. The molecular formula is C21H39NO5. The predicted octanol–water partition coefficient (Wildman–Crippen LogP) is 2.06. The maximum Gasteiger partial charge on any atom is 0.225 e. The standard InChI is InChI=1S/C21H39NO5/c1-6-16-10-13(3)21(22-20(16)26)15(5)19(25)14(4)18(27-21)11-17(24)12(2)8-7-9-23/h12-19,23-25H,6-11H2,1-5H3,(H,22,26)/t12-,13-,14-,15-,16-,17-,18-,19-,21+/m0/s1. The van der Waals surface area contributed by atoms with Gasteiger partial charge in [-0.2, -0.15) is 0 Å². The number of amides is 1. The van der Waals surface area contributed by atoms with Crippen LogP contribution in [0.15, 0.2) is 0 Å². The first-order chi connectivity index (χ1) is 12.7. The van der Waals surface area contributed by atoms with Gasteiger partial charge in [0.25, 0.3) is 0 Å². The van der Waals surface area contributed by atoms with Crippen molar-refractivity contribution in [2.24, 2.45) is 29.6 Å². The van der Waals surface area contributed by atoms with Gasteiger partial charge in [0.15, 0.2) is 0 Å². The maximum atomic E-state index is 12.6. The van der Waals surface area contributed by atoms with E-state index in [0.717, 1.165) is 19.3 Å². The van der Waals surface area contributed by atoms with Gasteiger partial charge in [-0.25, -0.2) is 0 Å². The van der Waals surface area contributed by atoms with E-state index in [1.807, 2.05) is 27.7 Å². The Bertz CT molecular complexity index is 501. The normalized spacial score (nSPS) is 42.0. The van der Waals surface area contributed by atoms with Crippen LogP contribution in [-0.4, -0.2) is 51.9 Å². The average Bonchev–Trinajstić information content (AvgIpc) is 2.64. The minimum atomic E-state index is -0.882. The lowest BCUT2D eigenvalue weighted by atomic mass is 9.69. The number of hydrogen-bond acceptors (Lipinski definition) is 5. The van der Waals surface area contributed by atoms with Gasteiger partial charge in [0, 0.05) is 36.7 Å². The van der Waals surface area contributed by atoms with Gasteiger partial charge in [0.05, 0.1) is 18.3 Å². The highest BCUT2D eigenvalue weighted by molar-refractivity contribution is 5.80. The fourth-order valence-corrected chi connectivity index (χ4v) is 4.92. The molecule has 2 heterocycles. The third kappa shape index (κ3) is 4.50. The third-order valence-corrected chi connectivity index (χ3v) is 7.16. The molecule has 1 amide bonds. The smallest absolute Gasteiger partial charge is 0.225 e. The minimum Gasteiger partial charge on any atom is -0.396 e. The fraction of sp³-hybridized carbons (Fsp3) is 0.952. The highest BCUT2D eigenvalue weighted by Gasteiger charge is 2.57. The van der Waals surface area contributed by atoms with Crippen molar-refractivity contribution in [3.8, 4) is 0 Å². The number of rotatable bonds is 7. The molecule has 4 N–H and O–H groups in total. The summed E-state index contributed by atoms with van der Waals surface area (Å²) in [5.41, 5.74) is -0.882. The van der Waals surface area contributed by atoms with Gasteiger partial charge in [-0.1, -0.05) is 34.6 Å². The van der Waals surface area contributed by atoms with Crippen LogP contribution in [0, 0.1) is 29.6 Å². The van der Waals surface area contributed by atoms with Crippen molar-refractivity contribution >= 4 is 5.91 Å². The molecule has 0 aliphatic carbocycles. The summed E-state index contributed by atoms with van der Waals surface area (Å²) in [5.74, 6) is -0.227. The molecule has 6 heteroatoms. The lowest BCUT2D eigenvalue weighted by Gasteiger charge is -2.56. The number of hydrogen-bond donors (Lipinski definition) is 4. The zero-order valence-electron chi connectivity index (χ0n) is 17.5. The first-order valence-corrected chi connectivity index (χ1v) is 10.6. The quantitative estimate of drug-likeness (QED) is 0.538. The van der Waals surface area contributed by atoms with E-state index in [1.54, 1.807) is 0 Å². The number of aliphatic hydroxyl groups is 3. The highest BCUT2D eigenvalue weighted by Crippen LogP contribution is 2.46. The topological polar surface area (TPSA) is 99.0 Å². The second kappa shape index (κ2) is 9.21. The Morgan fingerprint density at radius 2 is 2.00 bits per heavy atom. The van der Waals surface area contributed by atoms with Gasteiger partial charge in [0.1, 0.15) is 5.72 Å². The van der Waals surface area contributed by atoms with Crippen LogP contribution >= 0.6 is 0 Å².